The maximum atomic E-state index is 11.9. The van der Waals surface area contributed by atoms with Gasteiger partial charge in [0.05, 0.1) is 21.5 Å². The molecule has 1 amide bonds. The number of rotatable bonds is 4. The van der Waals surface area contributed by atoms with E-state index >= 15 is 0 Å². The SMILES string of the molecule is Cc1cc(NC(=O)Cc2ccc(Cl)c(Cl)c2)sc1C(=O)O. The van der Waals surface area contributed by atoms with Gasteiger partial charge in [0.15, 0.2) is 0 Å². The molecule has 7 heteroatoms. The number of carboxylic acid groups (broad SMARTS) is 1. The lowest BCUT2D eigenvalue weighted by molar-refractivity contribution is -0.115. The van der Waals surface area contributed by atoms with Crippen LogP contribution in [0.15, 0.2) is 24.3 Å². The molecular weight excluding hydrogens is 333 g/mol. The third-order valence-electron chi connectivity index (χ3n) is 2.72. The Morgan fingerprint density at radius 1 is 1.24 bits per heavy atom. The Hall–Kier alpha value is -1.56. The summed E-state index contributed by atoms with van der Waals surface area (Å²) in [4.78, 5) is 23.1. The molecule has 0 saturated carbocycles. The predicted octanol–water partition coefficient (Wildman–Crippen LogP) is 4.24. The number of nitrogens with one attached hydrogen (secondary N) is 1. The highest BCUT2D eigenvalue weighted by atomic mass is 35.5. The number of anilines is 1. The molecule has 0 aliphatic rings. The summed E-state index contributed by atoms with van der Waals surface area (Å²) in [5.74, 6) is -1.24. The largest absolute Gasteiger partial charge is 0.477 e. The molecule has 0 aliphatic heterocycles. The molecule has 0 unspecified atom stereocenters. The van der Waals surface area contributed by atoms with Gasteiger partial charge in [-0.3, -0.25) is 4.79 Å². The zero-order valence-electron chi connectivity index (χ0n) is 10.9. The first kappa shape index (κ1) is 15.8. The molecule has 1 aromatic carbocycles. The van der Waals surface area contributed by atoms with E-state index in [0.29, 0.717) is 20.6 Å². The van der Waals surface area contributed by atoms with Crippen LogP contribution in [0.4, 0.5) is 5.00 Å². The molecule has 0 aliphatic carbocycles. The van der Waals surface area contributed by atoms with E-state index in [1.165, 1.54) is 0 Å². The molecule has 0 saturated heterocycles. The summed E-state index contributed by atoms with van der Waals surface area (Å²) in [6.45, 7) is 1.69. The first-order valence-electron chi connectivity index (χ1n) is 5.94. The van der Waals surface area contributed by atoms with Crippen molar-refractivity contribution in [3.05, 3.63) is 50.3 Å². The van der Waals surface area contributed by atoms with E-state index in [1.807, 2.05) is 0 Å². The second-order valence-electron chi connectivity index (χ2n) is 4.40. The van der Waals surface area contributed by atoms with Crippen LogP contribution in [-0.4, -0.2) is 17.0 Å². The van der Waals surface area contributed by atoms with Gasteiger partial charge < -0.3 is 10.4 Å². The highest BCUT2D eigenvalue weighted by molar-refractivity contribution is 7.18. The van der Waals surface area contributed by atoms with Gasteiger partial charge in [0, 0.05) is 0 Å². The minimum absolute atomic E-state index is 0.135. The van der Waals surface area contributed by atoms with Crippen molar-refractivity contribution >= 4 is 51.4 Å². The highest BCUT2D eigenvalue weighted by Gasteiger charge is 2.14. The van der Waals surface area contributed by atoms with E-state index in [-0.39, 0.29) is 17.2 Å². The van der Waals surface area contributed by atoms with Crippen LogP contribution < -0.4 is 5.32 Å². The first-order chi connectivity index (χ1) is 9.86. The fourth-order valence-electron chi connectivity index (χ4n) is 1.77. The Kier molecular flexibility index (Phi) is 4.88. The average Bonchev–Trinajstić information content (AvgIpc) is 2.75. The fourth-order valence-corrected chi connectivity index (χ4v) is 3.02. The summed E-state index contributed by atoms with van der Waals surface area (Å²) in [5, 5.41) is 13.0. The van der Waals surface area contributed by atoms with E-state index < -0.39 is 5.97 Å². The number of carbonyl (C=O) groups is 2. The molecule has 0 radical (unpaired) electrons. The molecular formula is C14H11Cl2NO3S. The minimum Gasteiger partial charge on any atom is -0.477 e. The molecule has 1 aromatic heterocycles. The zero-order valence-corrected chi connectivity index (χ0v) is 13.3. The molecule has 0 atom stereocenters. The van der Waals surface area contributed by atoms with Crippen molar-refractivity contribution in [2.45, 2.75) is 13.3 Å². The number of amides is 1. The third-order valence-corrected chi connectivity index (χ3v) is 4.60. The molecule has 2 aromatic rings. The van der Waals surface area contributed by atoms with Crippen LogP contribution in [0, 0.1) is 6.92 Å². The number of carboxylic acids is 1. The van der Waals surface area contributed by atoms with Gasteiger partial charge in [-0.2, -0.15) is 0 Å². The molecule has 2 rings (SSSR count). The summed E-state index contributed by atoms with van der Waals surface area (Å²) >= 11 is 12.7. The van der Waals surface area contributed by atoms with E-state index in [1.54, 1.807) is 31.2 Å². The molecule has 0 bridgehead atoms. The topological polar surface area (TPSA) is 66.4 Å². The number of carbonyl (C=O) groups excluding carboxylic acids is 1. The maximum Gasteiger partial charge on any atom is 0.346 e. The second-order valence-corrected chi connectivity index (χ2v) is 6.27. The summed E-state index contributed by atoms with van der Waals surface area (Å²) in [7, 11) is 0. The Labute approximate surface area is 135 Å². The van der Waals surface area contributed by atoms with Crippen LogP contribution in [-0.2, 0) is 11.2 Å². The summed E-state index contributed by atoms with van der Waals surface area (Å²) in [5.41, 5.74) is 1.35. The van der Waals surface area contributed by atoms with Gasteiger partial charge in [0.25, 0.3) is 0 Å². The monoisotopic (exact) mass is 343 g/mol. The molecule has 110 valence electrons. The summed E-state index contributed by atoms with van der Waals surface area (Å²) in [6.07, 6.45) is 0.135. The Morgan fingerprint density at radius 2 is 1.95 bits per heavy atom. The first-order valence-corrected chi connectivity index (χ1v) is 7.51. The lowest BCUT2D eigenvalue weighted by Crippen LogP contribution is -2.13. The van der Waals surface area contributed by atoms with Crippen LogP contribution >= 0.6 is 34.5 Å². The van der Waals surface area contributed by atoms with Gasteiger partial charge in [-0.05, 0) is 36.2 Å². The quantitative estimate of drug-likeness (QED) is 0.872. The van der Waals surface area contributed by atoms with Crippen molar-refractivity contribution in [3.8, 4) is 0 Å². The van der Waals surface area contributed by atoms with Crippen LogP contribution in [0.1, 0.15) is 20.8 Å². The Morgan fingerprint density at radius 3 is 2.52 bits per heavy atom. The lowest BCUT2D eigenvalue weighted by Gasteiger charge is -2.04. The number of hydrogen-bond acceptors (Lipinski definition) is 3. The van der Waals surface area contributed by atoms with E-state index in [0.717, 1.165) is 16.9 Å². The van der Waals surface area contributed by atoms with Gasteiger partial charge in [-0.25, -0.2) is 4.79 Å². The normalized spacial score (nSPS) is 10.4. The Balaban J connectivity index is 2.06. The van der Waals surface area contributed by atoms with Crippen molar-refractivity contribution in [2.24, 2.45) is 0 Å². The molecule has 1 heterocycles. The molecule has 0 spiro atoms. The van der Waals surface area contributed by atoms with Gasteiger partial charge in [-0.1, -0.05) is 29.3 Å². The highest BCUT2D eigenvalue weighted by Crippen LogP contribution is 2.27. The average molecular weight is 344 g/mol. The number of halogens is 2. The maximum absolute atomic E-state index is 11.9. The number of aromatic carboxylic acids is 1. The van der Waals surface area contributed by atoms with Crippen molar-refractivity contribution in [2.75, 3.05) is 5.32 Å². The van der Waals surface area contributed by atoms with Gasteiger partial charge in [0.1, 0.15) is 4.88 Å². The zero-order chi connectivity index (χ0) is 15.6. The fraction of sp³-hybridized carbons (Fsp3) is 0.143. The standard InChI is InChI=1S/C14H11Cl2NO3S/c1-7-4-12(21-13(7)14(19)20)17-11(18)6-8-2-3-9(15)10(16)5-8/h2-5H,6H2,1H3,(H,17,18)(H,19,20). The van der Waals surface area contributed by atoms with Gasteiger partial charge in [0.2, 0.25) is 5.91 Å². The van der Waals surface area contributed by atoms with Gasteiger partial charge in [-0.15, -0.1) is 11.3 Å². The molecule has 0 fully saturated rings. The van der Waals surface area contributed by atoms with Crippen LogP contribution in [0.3, 0.4) is 0 Å². The van der Waals surface area contributed by atoms with Crippen molar-refractivity contribution < 1.29 is 14.7 Å². The van der Waals surface area contributed by atoms with Crippen molar-refractivity contribution in [1.29, 1.82) is 0 Å². The molecule has 21 heavy (non-hydrogen) atoms. The predicted molar refractivity (Wildman–Crippen MR) is 84.8 cm³/mol. The van der Waals surface area contributed by atoms with E-state index in [2.05, 4.69) is 5.32 Å². The van der Waals surface area contributed by atoms with E-state index in [9.17, 15) is 9.59 Å². The summed E-state index contributed by atoms with van der Waals surface area (Å²) < 4.78 is 0. The van der Waals surface area contributed by atoms with Gasteiger partial charge >= 0.3 is 5.97 Å². The Bertz CT molecular complexity index is 712. The minimum atomic E-state index is -0.998. The number of hydrogen-bond donors (Lipinski definition) is 2. The summed E-state index contributed by atoms with van der Waals surface area (Å²) in [6, 6.07) is 6.62. The number of thiophene rings is 1. The van der Waals surface area contributed by atoms with Crippen LogP contribution in [0.5, 0.6) is 0 Å². The lowest BCUT2D eigenvalue weighted by atomic mass is 10.1. The molecule has 4 nitrogen and oxygen atoms in total. The third kappa shape index (κ3) is 3.97. The van der Waals surface area contributed by atoms with Crippen LogP contribution in [0.2, 0.25) is 10.0 Å². The number of aryl methyl sites for hydroxylation is 1. The van der Waals surface area contributed by atoms with Crippen molar-refractivity contribution in [3.63, 3.8) is 0 Å². The van der Waals surface area contributed by atoms with Crippen LogP contribution in [0.25, 0.3) is 0 Å². The molecule has 2 N–H and O–H groups in total. The smallest absolute Gasteiger partial charge is 0.346 e. The van der Waals surface area contributed by atoms with Crippen molar-refractivity contribution in [1.82, 2.24) is 0 Å². The number of benzene rings is 1. The second kappa shape index (κ2) is 6.47. The van der Waals surface area contributed by atoms with E-state index in [4.69, 9.17) is 28.3 Å².